The van der Waals surface area contributed by atoms with E-state index in [9.17, 15) is 35.0 Å². The fourth-order valence-corrected chi connectivity index (χ4v) is 3.01. The van der Waals surface area contributed by atoms with Crippen LogP contribution in [0.15, 0.2) is 70.5 Å². The van der Waals surface area contributed by atoms with Crippen molar-refractivity contribution in [3.63, 3.8) is 0 Å². The Balaban J connectivity index is -0.000000113. The topological polar surface area (TPSA) is 0 Å². The molecule has 0 aliphatic heterocycles. The van der Waals surface area contributed by atoms with Gasteiger partial charge in [0.1, 0.15) is 4.90 Å². The summed E-state index contributed by atoms with van der Waals surface area (Å²) in [5.41, 5.74) is 0. The summed E-state index contributed by atoms with van der Waals surface area (Å²) >= 11 is 0. The number of hydrogen-bond donors (Lipinski definition) is 0. The van der Waals surface area contributed by atoms with Crippen molar-refractivity contribution in [2.75, 3.05) is 0 Å². The molecule has 29 heavy (non-hydrogen) atoms. The van der Waals surface area contributed by atoms with E-state index < -0.39 is 29.1 Å². The van der Waals surface area contributed by atoms with E-state index >= 15 is 0 Å². The van der Waals surface area contributed by atoms with Crippen LogP contribution in [-0.2, 0) is 0 Å². The Morgan fingerprint density at radius 2 is 0.793 bits per heavy atom. The summed E-state index contributed by atoms with van der Waals surface area (Å²) in [7, 11) is -13.9. The van der Waals surface area contributed by atoms with Crippen LogP contribution in [0.2, 0.25) is 0 Å². The molecule has 0 amide bonds. The summed E-state index contributed by atoms with van der Waals surface area (Å²) < 4.78 is 109. The van der Waals surface area contributed by atoms with E-state index in [0.29, 0.717) is 24.3 Å². The van der Waals surface area contributed by atoms with E-state index in [1.165, 1.54) is 12.1 Å². The number of rotatable bonds is 2. The maximum absolute atomic E-state index is 12.4. The van der Waals surface area contributed by atoms with Gasteiger partial charge in [-0.15, -0.1) is 15.5 Å². The first-order chi connectivity index (χ1) is 10.2. The van der Waals surface area contributed by atoms with Crippen molar-refractivity contribution in [1.29, 1.82) is 0 Å². The molecule has 0 nitrogen and oxygen atoms in total. The molecular formula is C13H16ClF12KS2. The van der Waals surface area contributed by atoms with Crippen molar-refractivity contribution in [2.24, 2.45) is 0 Å². The smallest absolute Gasteiger partial charge is 1.00 e. The summed E-state index contributed by atoms with van der Waals surface area (Å²) in [6.07, 6.45) is 0. The van der Waals surface area contributed by atoms with Gasteiger partial charge in [-0.25, -0.2) is 0 Å². The average molecular weight is 539 g/mol. The molecular weight excluding hydrogens is 523 g/mol. The predicted octanol–water partition coefficient (Wildman–Crippen LogP) is 3.91. The zero-order chi connectivity index (χ0) is 19.0. The Bertz CT molecular complexity index is 654. The zero-order valence-electron chi connectivity index (χ0n) is 13.6. The van der Waals surface area contributed by atoms with Gasteiger partial charge in [0.05, 0.1) is 4.90 Å². The van der Waals surface area contributed by atoms with Crippen LogP contribution < -0.4 is 56.1 Å². The molecule has 0 fully saturated rings. The van der Waals surface area contributed by atoms with Crippen LogP contribution in [0, 0.1) is 0 Å². The van der Waals surface area contributed by atoms with Crippen LogP contribution in [0.3, 0.4) is 0 Å². The molecule has 0 radical (unpaired) electrons. The fourth-order valence-electron chi connectivity index (χ4n) is 1.36. The maximum Gasteiger partial charge on any atom is 1.00 e. The molecule has 2 aromatic carbocycles. The van der Waals surface area contributed by atoms with Crippen LogP contribution in [0.4, 0.5) is 44.4 Å². The van der Waals surface area contributed by atoms with E-state index in [-0.39, 0.29) is 72.9 Å². The summed E-state index contributed by atoms with van der Waals surface area (Å²) in [6.45, 7) is 0. The molecule has 0 aromatic heterocycles. The van der Waals surface area contributed by atoms with Gasteiger partial charge in [0.25, 0.3) is 9.05 Å². The number of hydrogen-bond acceptors (Lipinski definition) is 0. The van der Waals surface area contributed by atoms with E-state index in [1.807, 2.05) is 0 Å². The van der Waals surface area contributed by atoms with E-state index in [2.05, 4.69) is 10.7 Å². The molecule has 0 bridgehead atoms. The van der Waals surface area contributed by atoms with Crippen molar-refractivity contribution >= 4 is 30.0 Å². The first-order valence-electron chi connectivity index (χ1n) is 5.77. The third kappa shape index (κ3) is 14.8. The maximum atomic E-state index is 12.4. The van der Waals surface area contributed by atoms with Crippen molar-refractivity contribution in [3.05, 3.63) is 60.7 Å². The SMILES string of the molecule is C.F.F.FS(F)(F)(F)(Cl)c1ccccc1.FS(F)(F)(F)(F)c1ccccc1.[F-].[K+]. The first-order valence-corrected chi connectivity index (χ1v) is 10.6. The predicted molar refractivity (Wildman–Crippen MR) is 92.2 cm³/mol. The molecule has 0 atom stereocenters. The zero-order valence-corrected chi connectivity index (χ0v) is 19.1. The van der Waals surface area contributed by atoms with Crippen LogP contribution in [0.1, 0.15) is 7.43 Å². The third-order valence-corrected chi connectivity index (χ3v) is 5.24. The number of halogens is 13. The van der Waals surface area contributed by atoms with Gasteiger partial charge in [-0.2, -0.15) is 0 Å². The Kier molecular flexibility index (Phi) is 13.4. The molecule has 0 heterocycles. The van der Waals surface area contributed by atoms with Crippen LogP contribution in [-0.4, -0.2) is 0 Å². The molecule has 0 saturated heterocycles. The standard InChI is InChI=1S/C6H5ClF4S.C6H5F5S.CH4.3FH.K/c2*7-12(8,9,10,11)6-4-2-1-3-5-6;;;;;/h2*1-5H;1H4;3*1H;/q;;;;;;+1/p-1. The van der Waals surface area contributed by atoms with Crippen molar-refractivity contribution in [3.8, 4) is 0 Å². The minimum atomic E-state index is -9.43. The van der Waals surface area contributed by atoms with E-state index in [0.717, 1.165) is 24.3 Å². The third-order valence-electron chi connectivity index (χ3n) is 2.38. The minimum absolute atomic E-state index is 0. The second kappa shape index (κ2) is 9.79. The monoisotopic (exact) mass is 538 g/mol. The Morgan fingerprint density at radius 1 is 0.552 bits per heavy atom. The van der Waals surface area contributed by atoms with Gasteiger partial charge in [-0.1, -0.05) is 63.3 Å². The van der Waals surface area contributed by atoms with Gasteiger partial charge in [-0.3, -0.25) is 9.41 Å². The first kappa shape index (κ1) is 39.7. The average Bonchev–Trinajstić information content (AvgIpc) is 2.37. The molecule has 2 aromatic rings. The molecule has 0 unspecified atom stereocenters. The van der Waals surface area contributed by atoms with E-state index in [1.54, 1.807) is 0 Å². The molecule has 0 N–H and O–H groups in total. The Hall–Kier alpha value is 0.226. The quantitative estimate of drug-likeness (QED) is 0.402. The number of benzene rings is 2. The summed E-state index contributed by atoms with van der Waals surface area (Å²) in [4.78, 5) is -3.27. The van der Waals surface area contributed by atoms with Crippen molar-refractivity contribution < 1.29 is 100 Å². The summed E-state index contributed by atoms with van der Waals surface area (Å²) in [5.74, 6) is 0. The Labute approximate surface area is 206 Å². The molecule has 172 valence electrons. The second-order valence-corrected chi connectivity index (χ2v) is 11.2. The van der Waals surface area contributed by atoms with E-state index in [4.69, 9.17) is 0 Å². The molecule has 0 aliphatic carbocycles. The summed E-state index contributed by atoms with van der Waals surface area (Å²) in [5, 5.41) is 0. The van der Waals surface area contributed by atoms with Gasteiger partial charge in [0.15, 0.2) is 0 Å². The largest absolute Gasteiger partial charge is 1.00 e. The van der Waals surface area contributed by atoms with Gasteiger partial charge in [0.2, 0.25) is 0 Å². The Morgan fingerprint density at radius 3 is 0.931 bits per heavy atom. The van der Waals surface area contributed by atoms with Gasteiger partial charge < -0.3 is 4.70 Å². The fraction of sp³-hybridized carbons (Fsp3) is 0.0769. The van der Waals surface area contributed by atoms with Crippen molar-refractivity contribution in [1.82, 2.24) is 0 Å². The second-order valence-electron chi connectivity index (χ2n) is 4.56. The normalized spacial score (nSPS) is 15.0. The van der Waals surface area contributed by atoms with Crippen LogP contribution >= 0.6 is 30.0 Å². The van der Waals surface area contributed by atoms with Gasteiger partial charge >= 0.3 is 61.6 Å². The van der Waals surface area contributed by atoms with Crippen LogP contribution in [0.25, 0.3) is 0 Å². The molecule has 0 saturated carbocycles. The van der Waals surface area contributed by atoms with Crippen LogP contribution in [0.5, 0.6) is 0 Å². The van der Waals surface area contributed by atoms with Gasteiger partial charge in [0, 0.05) is 10.7 Å². The molecule has 0 spiro atoms. The summed E-state index contributed by atoms with van der Waals surface area (Å²) in [6, 6.07) is 8.54. The molecule has 0 aliphatic rings. The van der Waals surface area contributed by atoms with Crippen molar-refractivity contribution in [2.45, 2.75) is 17.2 Å². The molecule has 16 heteroatoms. The van der Waals surface area contributed by atoms with Gasteiger partial charge in [-0.05, 0) is 24.3 Å². The molecule has 2 rings (SSSR count). The minimum Gasteiger partial charge on any atom is -1.00 e.